The van der Waals surface area contributed by atoms with Crippen LogP contribution in [0.15, 0.2) is 53.5 Å². The first kappa shape index (κ1) is 22.5. The van der Waals surface area contributed by atoms with Crippen molar-refractivity contribution in [3.05, 3.63) is 59.7 Å². The number of benzene rings is 2. The smallest absolute Gasteiger partial charge is 0.193 e. The normalized spacial score (nSPS) is 15.7. The van der Waals surface area contributed by atoms with Crippen LogP contribution >= 0.6 is 24.0 Å². The molecule has 1 heterocycles. The number of likely N-dealkylation sites (tertiary alicyclic amines) is 1. The Bertz CT molecular complexity index is 755. The molecule has 0 unspecified atom stereocenters. The van der Waals surface area contributed by atoms with Crippen molar-refractivity contribution < 1.29 is 4.74 Å². The minimum absolute atomic E-state index is 0. The average Bonchev–Trinajstić information content (AvgIpc) is 2.69. The highest BCUT2D eigenvalue weighted by molar-refractivity contribution is 14.0. The van der Waals surface area contributed by atoms with Crippen molar-refractivity contribution in [2.75, 3.05) is 32.1 Å². The Balaban J connectivity index is 0.00000280. The van der Waals surface area contributed by atoms with Gasteiger partial charge in [-0.1, -0.05) is 35.9 Å². The van der Waals surface area contributed by atoms with Gasteiger partial charge in [0.2, 0.25) is 0 Å². The van der Waals surface area contributed by atoms with Gasteiger partial charge >= 0.3 is 0 Å². The van der Waals surface area contributed by atoms with Gasteiger partial charge in [0.1, 0.15) is 5.75 Å². The average molecular weight is 494 g/mol. The molecule has 28 heavy (non-hydrogen) atoms. The summed E-state index contributed by atoms with van der Waals surface area (Å²) in [5.41, 5.74) is 9.64. The minimum atomic E-state index is 0. The summed E-state index contributed by atoms with van der Waals surface area (Å²) in [6.07, 6.45) is 2.34. The molecule has 152 valence electrons. The Morgan fingerprint density at radius 3 is 2.57 bits per heavy atom. The zero-order chi connectivity index (χ0) is 19.1. The highest BCUT2D eigenvalue weighted by atomic mass is 127. The first-order valence-corrected chi connectivity index (χ1v) is 9.61. The summed E-state index contributed by atoms with van der Waals surface area (Å²) in [7, 11) is 1.65. The number of methoxy groups -OCH3 is 1. The molecule has 2 aromatic carbocycles. The summed E-state index contributed by atoms with van der Waals surface area (Å²) in [6.45, 7) is 6.19. The van der Waals surface area contributed by atoms with E-state index in [0.29, 0.717) is 11.9 Å². The van der Waals surface area contributed by atoms with Gasteiger partial charge in [0, 0.05) is 24.8 Å². The number of hydrogen-bond donors (Lipinski definition) is 2. The van der Waals surface area contributed by atoms with Crippen LogP contribution in [0, 0.1) is 12.8 Å². The SMILES string of the molecule is COc1cccc(NC(N)=NCC2CCN(Cc3ccc(C)cc3)CC2)c1.I. The Hall–Kier alpha value is -1.80. The number of aliphatic imine (C=N–C) groups is 1. The number of halogens is 1. The molecule has 3 rings (SSSR count). The zero-order valence-electron chi connectivity index (χ0n) is 16.7. The van der Waals surface area contributed by atoms with Crippen molar-refractivity contribution in [3.63, 3.8) is 0 Å². The molecule has 5 nitrogen and oxygen atoms in total. The maximum atomic E-state index is 6.04. The number of rotatable bonds is 6. The standard InChI is InChI=1S/C22H30N4O.HI/c1-17-6-8-19(9-7-17)16-26-12-10-18(11-13-26)15-24-22(23)25-20-4-3-5-21(14-20)27-2;/h3-9,14,18H,10-13,15-16H2,1-2H3,(H3,23,24,25);1H. The van der Waals surface area contributed by atoms with E-state index in [4.69, 9.17) is 10.5 Å². The third-order valence-electron chi connectivity index (χ3n) is 5.10. The number of piperidine rings is 1. The van der Waals surface area contributed by atoms with Crippen LogP contribution < -0.4 is 15.8 Å². The molecule has 1 saturated heterocycles. The van der Waals surface area contributed by atoms with Gasteiger partial charge in [-0.3, -0.25) is 9.89 Å². The van der Waals surface area contributed by atoms with Crippen molar-refractivity contribution in [1.82, 2.24) is 4.90 Å². The van der Waals surface area contributed by atoms with E-state index in [0.717, 1.165) is 37.6 Å². The molecule has 0 amide bonds. The Labute approximate surface area is 185 Å². The lowest BCUT2D eigenvalue weighted by Gasteiger charge is -2.31. The highest BCUT2D eigenvalue weighted by Crippen LogP contribution is 2.20. The molecule has 1 fully saturated rings. The topological polar surface area (TPSA) is 62.9 Å². The molecule has 0 saturated carbocycles. The molecule has 0 bridgehead atoms. The summed E-state index contributed by atoms with van der Waals surface area (Å²) in [6, 6.07) is 16.5. The monoisotopic (exact) mass is 494 g/mol. The van der Waals surface area contributed by atoms with E-state index in [2.05, 4.69) is 46.4 Å². The predicted molar refractivity (Wildman–Crippen MR) is 128 cm³/mol. The molecule has 0 aromatic heterocycles. The van der Waals surface area contributed by atoms with Crippen LogP contribution in [0.1, 0.15) is 24.0 Å². The van der Waals surface area contributed by atoms with E-state index in [1.807, 2.05) is 24.3 Å². The van der Waals surface area contributed by atoms with Gasteiger partial charge < -0.3 is 15.8 Å². The summed E-state index contributed by atoms with van der Waals surface area (Å²) in [5, 5.41) is 3.14. The Morgan fingerprint density at radius 1 is 1.18 bits per heavy atom. The van der Waals surface area contributed by atoms with Gasteiger partial charge in [-0.2, -0.15) is 0 Å². The molecule has 6 heteroatoms. The van der Waals surface area contributed by atoms with E-state index in [1.54, 1.807) is 7.11 Å². The van der Waals surface area contributed by atoms with Crippen LogP contribution in [0.25, 0.3) is 0 Å². The summed E-state index contributed by atoms with van der Waals surface area (Å²) in [5.74, 6) is 1.86. The molecular weight excluding hydrogens is 463 g/mol. The number of ether oxygens (including phenoxy) is 1. The van der Waals surface area contributed by atoms with E-state index < -0.39 is 0 Å². The van der Waals surface area contributed by atoms with Crippen LogP contribution in [0.5, 0.6) is 5.75 Å². The maximum Gasteiger partial charge on any atom is 0.193 e. The van der Waals surface area contributed by atoms with Crippen LogP contribution in [0.4, 0.5) is 5.69 Å². The zero-order valence-corrected chi connectivity index (χ0v) is 19.1. The van der Waals surface area contributed by atoms with Crippen LogP contribution in [0.3, 0.4) is 0 Å². The molecule has 3 N–H and O–H groups in total. The molecule has 0 atom stereocenters. The third-order valence-corrected chi connectivity index (χ3v) is 5.10. The van der Waals surface area contributed by atoms with Crippen molar-refractivity contribution in [2.24, 2.45) is 16.6 Å². The third kappa shape index (κ3) is 6.98. The van der Waals surface area contributed by atoms with E-state index in [-0.39, 0.29) is 24.0 Å². The van der Waals surface area contributed by atoms with E-state index >= 15 is 0 Å². The first-order valence-electron chi connectivity index (χ1n) is 9.61. The molecule has 0 spiro atoms. The second kappa shape index (κ2) is 11.3. The number of aryl methyl sites for hydroxylation is 1. The second-order valence-electron chi connectivity index (χ2n) is 7.29. The minimum Gasteiger partial charge on any atom is -0.497 e. The van der Waals surface area contributed by atoms with Crippen LogP contribution in [0.2, 0.25) is 0 Å². The van der Waals surface area contributed by atoms with Gasteiger partial charge in [-0.15, -0.1) is 24.0 Å². The molecular formula is C22H31IN4O. The Morgan fingerprint density at radius 2 is 1.89 bits per heavy atom. The van der Waals surface area contributed by atoms with Crippen LogP contribution in [-0.2, 0) is 6.54 Å². The van der Waals surface area contributed by atoms with E-state index in [1.165, 1.54) is 24.0 Å². The van der Waals surface area contributed by atoms with Gasteiger partial charge in [0.25, 0.3) is 0 Å². The van der Waals surface area contributed by atoms with Gasteiger partial charge in [-0.25, -0.2) is 0 Å². The highest BCUT2D eigenvalue weighted by Gasteiger charge is 2.19. The number of nitrogens with zero attached hydrogens (tertiary/aromatic N) is 2. The van der Waals surface area contributed by atoms with Gasteiger partial charge in [-0.05, 0) is 56.5 Å². The summed E-state index contributed by atoms with van der Waals surface area (Å²) >= 11 is 0. The van der Waals surface area contributed by atoms with Crippen molar-refractivity contribution in [3.8, 4) is 5.75 Å². The number of nitrogens with one attached hydrogen (secondary N) is 1. The van der Waals surface area contributed by atoms with Crippen molar-refractivity contribution in [2.45, 2.75) is 26.3 Å². The molecule has 0 radical (unpaired) electrons. The second-order valence-corrected chi connectivity index (χ2v) is 7.29. The van der Waals surface area contributed by atoms with Crippen LogP contribution in [-0.4, -0.2) is 37.6 Å². The van der Waals surface area contributed by atoms with Gasteiger partial charge in [0.05, 0.1) is 7.11 Å². The molecule has 1 aliphatic heterocycles. The number of guanidine groups is 1. The van der Waals surface area contributed by atoms with Crippen molar-refractivity contribution >= 4 is 35.6 Å². The fourth-order valence-corrected chi connectivity index (χ4v) is 3.39. The lowest BCUT2D eigenvalue weighted by atomic mass is 9.96. The fraction of sp³-hybridized carbons (Fsp3) is 0.409. The lowest BCUT2D eigenvalue weighted by Crippen LogP contribution is -2.34. The predicted octanol–water partition coefficient (Wildman–Crippen LogP) is 4.26. The summed E-state index contributed by atoms with van der Waals surface area (Å²) < 4.78 is 5.22. The number of anilines is 1. The quantitative estimate of drug-likeness (QED) is 0.358. The lowest BCUT2D eigenvalue weighted by molar-refractivity contribution is 0.180. The largest absolute Gasteiger partial charge is 0.497 e. The number of nitrogens with two attached hydrogens (primary N) is 1. The maximum absolute atomic E-state index is 6.04. The Kier molecular flexibility index (Phi) is 9.05. The fourth-order valence-electron chi connectivity index (χ4n) is 3.39. The van der Waals surface area contributed by atoms with Gasteiger partial charge in [0.15, 0.2) is 5.96 Å². The number of hydrogen-bond acceptors (Lipinski definition) is 3. The van der Waals surface area contributed by atoms with Crippen molar-refractivity contribution in [1.29, 1.82) is 0 Å². The molecule has 0 aliphatic carbocycles. The molecule has 1 aliphatic rings. The molecule has 2 aromatic rings. The summed E-state index contributed by atoms with van der Waals surface area (Å²) in [4.78, 5) is 7.07. The van der Waals surface area contributed by atoms with E-state index in [9.17, 15) is 0 Å². The first-order chi connectivity index (χ1) is 13.1.